The third-order valence-electron chi connectivity index (χ3n) is 6.16. The highest BCUT2D eigenvalue weighted by molar-refractivity contribution is 5.84. The van der Waals surface area contributed by atoms with E-state index in [4.69, 9.17) is 18.9 Å². The number of likely N-dealkylation sites (N-methyl/N-ethyl adjacent to an activating group) is 1. The molecule has 2 aromatic carbocycles. The number of carbonyl (C=O) groups excluding carboxylic acids is 1. The van der Waals surface area contributed by atoms with Gasteiger partial charge in [0.1, 0.15) is 0 Å². The van der Waals surface area contributed by atoms with Gasteiger partial charge in [-0.05, 0) is 79.9 Å². The zero-order chi connectivity index (χ0) is 24.5. The van der Waals surface area contributed by atoms with E-state index in [1.165, 1.54) is 5.56 Å². The van der Waals surface area contributed by atoms with E-state index in [-0.39, 0.29) is 5.91 Å². The second-order valence-electron chi connectivity index (χ2n) is 8.44. The average Bonchev–Trinajstić information content (AvgIpc) is 3.01. The minimum Gasteiger partial charge on any atom is -0.493 e. The van der Waals surface area contributed by atoms with E-state index in [9.17, 15) is 4.79 Å². The van der Waals surface area contributed by atoms with Gasteiger partial charge < -0.3 is 28.7 Å². The lowest BCUT2D eigenvalue weighted by atomic mass is 10.0. The van der Waals surface area contributed by atoms with Crippen molar-refractivity contribution < 1.29 is 23.7 Å². The van der Waals surface area contributed by atoms with Crippen LogP contribution in [0.2, 0.25) is 0 Å². The van der Waals surface area contributed by atoms with Crippen LogP contribution in [0.3, 0.4) is 0 Å². The second-order valence-corrected chi connectivity index (χ2v) is 8.44. The van der Waals surface area contributed by atoms with Crippen molar-refractivity contribution in [2.24, 2.45) is 0 Å². The molecule has 7 heteroatoms. The number of rotatable bonds is 12. The normalized spacial score (nSPS) is 13.0. The van der Waals surface area contributed by atoms with E-state index in [1.807, 2.05) is 41.4 Å². The lowest BCUT2D eigenvalue weighted by molar-refractivity contribution is -0.127. The third-order valence-corrected chi connectivity index (χ3v) is 6.16. The Labute approximate surface area is 202 Å². The van der Waals surface area contributed by atoms with E-state index >= 15 is 0 Å². The van der Waals surface area contributed by atoms with Crippen LogP contribution < -0.4 is 18.9 Å². The molecule has 34 heavy (non-hydrogen) atoms. The fourth-order valence-electron chi connectivity index (χ4n) is 4.09. The predicted octanol–water partition coefficient (Wildman–Crippen LogP) is 4.03. The fourth-order valence-corrected chi connectivity index (χ4v) is 4.09. The van der Waals surface area contributed by atoms with Gasteiger partial charge in [0, 0.05) is 19.3 Å². The first-order valence-corrected chi connectivity index (χ1v) is 11.6. The van der Waals surface area contributed by atoms with Gasteiger partial charge in [0.05, 0.1) is 34.9 Å². The Morgan fingerprint density at radius 1 is 0.853 bits per heavy atom. The van der Waals surface area contributed by atoms with E-state index in [0.717, 1.165) is 55.0 Å². The van der Waals surface area contributed by atoms with Crippen molar-refractivity contribution in [2.45, 2.75) is 25.7 Å². The van der Waals surface area contributed by atoms with E-state index in [2.05, 4.69) is 18.0 Å². The molecule has 0 saturated heterocycles. The summed E-state index contributed by atoms with van der Waals surface area (Å²) in [6.07, 6.45) is 7.13. The largest absolute Gasteiger partial charge is 0.493 e. The number of ether oxygens (including phenoxy) is 4. The first kappa shape index (κ1) is 25.4. The first-order valence-electron chi connectivity index (χ1n) is 11.6. The highest BCUT2D eigenvalue weighted by Crippen LogP contribution is 2.33. The molecule has 0 aromatic heterocycles. The predicted molar refractivity (Wildman–Crippen MR) is 134 cm³/mol. The fraction of sp³-hybridized carbons (Fsp3) is 0.444. The molecule has 3 rings (SSSR count). The lowest BCUT2D eigenvalue weighted by Gasteiger charge is -2.20. The molecule has 1 amide bonds. The first-order chi connectivity index (χ1) is 16.5. The molecule has 2 aromatic rings. The highest BCUT2D eigenvalue weighted by atomic mass is 16.5. The molecule has 0 N–H and O–H groups in total. The van der Waals surface area contributed by atoms with Crippen LogP contribution in [0.15, 0.2) is 36.5 Å². The summed E-state index contributed by atoms with van der Waals surface area (Å²) in [7, 11) is 8.66. The summed E-state index contributed by atoms with van der Waals surface area (Å²) in [4.78, 5) is 16.9. The minimum atomic E-state index is 0.101. The smallest absolute Gasteiger partial charge is 0.230 e. The summed E-state index contributed by atoms with van der Waals surface area (Å²) in [6, 6.07) is 9.88. The van der Waals surface area contributed by atoms with Crippen LogP contribution >= 0.6 is 0 Å². The van der Waals surface area contributed by atoms with Gasteiger partial charge in [0.25, 0.3) is 0 Å². The molecule has 0 unspecified atom stereocenters. The van der Waals surface area contributed by atoms with E-state index < -0.39 is 0 Å². The second kappa shape index (κ2) is 12.3. The van der Waals surface area contributed by atoms with Crippen molar-refractivity contribution in [1.82, 2.24) is 9.80 Å². The third kappa shape index (κ3) is 6.44. The Balaban J connectivity index is 1.45. The molecule has 0 saturated carbocycles. The summed E-state index contributed by atoms with van der Waals surface area (Å²) in [5, 5.41) is 0. The Morgan fingerprint density at radius 2 is 1.53 bits per heavy atom. The van der Waals surface area contributed by atoms with Crippen molar-refractivity contribution in [2.75, 3.05) is 55.1 Å². The van der Waals surface area contributed by atoms with Crippen molar-refractivity contribution in [3.8, 4) is 23.0 Å². The minimum absolute atomic E-state index is 0.101. The number of amides is 1. The molecule has 0 atom stereocenters. The Kier molecular flexibility index (Phi) is 9.22. The number of hydrogen-bond acceptors (Lipinski definition) is 6. The quantitative estimate of drug-likeness (QED) is 0.439. The zero-order valence-electron chi connectivity index (χ0n) is 20.9. The Hall–Kier alpha value is -3.19. The molecule has 1 aliphatic rings. The SMILES string of the molecule is COc1ccc(CCN(C)CCCCN2C=Cc3cc(OC)c(OC)cc3CC2=O)cc1OC. The molecule has 0 radical (unpaired) electrons. The number of unbranched alkanes of at least 4 members (excludes halogenated alkanes) is 1. The zero-order valence-corrected chi connectivity index (χ0v) is 20.9. The van der Waals surface area contributed by atoms with Crippen LogP contribution in [-0.4, -0.2) is 70.8 Å². The Morgan fingerprint density at radius 3 is 2.24 bits per heavy atom. The summed E-state index contributed by atoms with van der Waals surface area (Å²) in [6.45, 7) is 2.64. The van der Waals surface area contributed by atoms with Crippen LogP contribution in [-0.2, 0) is 17.6 Å². The number of carbonyl (C=O) groups is 1. The van der Waals surface area contributed by atoms with Gasteiger partial charge in [0.15, 0.2) is 23.0 Å². The number of methoxy groups -OCH3 is 4. The van der Waals surface area contributed by atoms with Crippen LogP contribution in [0.25, 0.3) is 6.08 Å². The van der Waals surface area contributed by atoms with Crippen LogP contribution in [0.4, 0.5) is 0 Å². The van der Waals surface area contributed by atoms with Crippen molar-refractivity contribution in [3.63, 3.8) is 0 Å². The topological polar surface area (TPSA) is 60.5 Å². The van der Waals surface area contributed by atoms with Gasteiger partial charge in [-0.3, -0.25) is 4.79 Å². The standard InChI is InChI=1S/C27H36N2O5/c1-28(14-10-20-8-9-23(31-2)24(16-20)32-3)12-6-7-13-29-15-11-21-17-25(33-4)26(34-5)18-22(21)19-27(29)30/h8-9,11,15-18H,6-7,10,12-14,19H2,1-5H3. The molecule has 1 heterocycles. The number of hydrogen-bond donors (Lipinski definition) is 0. The van der Waals surface area contributed by atoms with Crippen molar-refractivity contribution >= 4 is 12.0 Å². The Bertz CT molecular complexity index is 1000. The molecule has 0 bridgehead atoms. The van der Waals surface area contributed by atoms with Crippen LogP contribution in [0.1, 0.15) is 29.5 Å². The maximum absolute atomic E-state index is 12.8. The summed E-state index contributed by atoms with van der Waals surface area (Å²) in [5.74, 6) is 2.92. The van der Waals surface area contributed by atoms with Gasteiger partial charge in [0.2, 0.25) is 5.91 Å². The molecule has 0 spiro atoms. The maximum Gasteiger partial charge on any atom is 0.230 e. The van der Waals surface area contributed by atoms with Gasteiger partial charge in [-0.15, -0.1) is 0 Å². The van der Waals surface area contributed by atoms with E-state index in [0.29, 0.717) is 24.5 Å². The molecular weight excluding hydrogens is 432 g/mol. The molecule has 7 nitrogen and oxygen atoms in total. The van der Waals surface area contributed by atoms with Crippen LogP contribution in [0.5, 0.6) is 23.0 Å². The molecule has 1 aliphatic heterocycles. The van der Waals surface area contributed by atoms with Crippen molar-refractivity contribution in [1.29, 1.82) is 0 Å². The van der Waals surface area contributed by atoms with Gasteiger partial charge >= 0.3 is 0 Å². The number of nitrogens with zero attached hydrogens (tertiary/aromatic N) is 2. The van der Waals surface area contributed by atoms with E-state index in [1.54, 1.807) is 28.4 Å². The highest BCUT2D eigenvalue weighted by Gasteiger charge is 2.19. The van der Waals surface area contributed by atoms with Crippen LogP contribution in [0, 0.1) is 0 Å². The maximum atomic E-state index is 12.8. The molecule has 184 valence electrons. The van der Waals surface area contributed by atoms with Gasteiger partial charge in [-0.1, -0.05) is 6.07 Å². The molecule has 0 aliphatic carbocycles. The summed E-state index contributed by atoms with van der Waals surface area (Å²) < 4.78 is 21.5. The number of fused-ring (bicyclic) bond motifs is 1. The summed E-state index contributed by atoms with van der Waals surface area (Å²) in [5.41, 5.74) is 3.16. The van der Waals surface area contributed by atoms with Gasteiger partial charge in [-0.2, -0.15) is 0 Å². The molecule has 0 fully saturated rings. The van der Waals surface area contributed by atoms with Gasteiger partial charge in [-0.25, -0.2) is 0 Å². The monoisotopic (exact) mass is 468 g/mol. The van der Waals surface area contributed by atoms with Crippen molar-refractivity contribution in [3.05, 3.63) is 53.2 Å². The lowest BCUT2D eigenvalue weighted by Crippen LogP contribution is -2.28. The molecular formula is C27H36N2O5. The average molecular weight is 469 g/mol. The number of benzene rings is 2. The summed E-state index contributed by atoms with van der Waals surface area (Å²) >= 11 is 0.